The van der Waals surface area contributed by atoms with Crippen molar-refractivity contribution >= 4 is 21.6 Å². The highest BCUT2D eigenvalue weighted by molar-refractivity contribution is 9.10. The summed E-state index contributed by atoms with van der Waals surface area (Å²) in [6.45, 7) is 2.54. The topological polar surface area (TPSA) is 78.0 Å². The number of H-pyrrole nitrogens is 1. The molecule has 84 valence electrons. The molecule has 15 heavy (non-hydrogen) atoms. The lowest BCUT2D eigenvalue weighted by Crippen LogP contribution is -2.16. The molecule has 0 saturated carbocycles. The lowest BCUT2D eigenvalue weighted by molar-refractivity contribution is 0.164. The number of halogens is 1. The summed E-state index contributed by atoms with van der Waals surface area (Å²) in [5.74, 6) is 0. The van der Waals surface area contributed by atoms with E-state index in [1.807, 2.05) is 6.92 Å². The first-order valence-electron chi connectivity index (χ1n) is 4.80. The zero-order valence-electron chi connectivity index (χ0n) is 8.46. The number of anilines is 1. The first-order valence-corrected chi connectivity index (χ1v) is 5.59. The summed E-state index contributed by atoms with van der Waals surface area (Å²) in [5.41, 5.74) is 0.373. The third kappa shape index (κ3) is 3.64. The summed E-state index contributed by atoms with van der Waals surface area (Å²) in [4.78, 5) is 11.1. The standard InChI is InChI=1S/C9H14BrN3O2/c1-2-6(14)3-4-11-7-5-12-13-9(15)8(7)10/h5-6,14H,2-4H2,1H3,(H2,11,13,15). The normalized spacial score (nSPS) is 12.5. The Hall–Kier alpha value is -0.880. The van der Waals surface area contributed by atoms with E-state index < -0.39 is 0 Å². The van der Waals surface area contributed by atoms with Crippen LogP contribution in [-0.4, -0.2) is 28.0 Å². The van der Waals surface area contributed by atoms with Gasteiger partial charge in [0.15, 0.2) is 0 Å². The van der Waals surface area contributed by atoms with E-state index in [-0.39, 0.29) is 11.7 Å². The van der Waals surface area contributed by atoms with Crippen LogP contribution in [0.5, 0.6) is 0 Å². The van der Waals surface area contributed by atoms with E-state index in [1.165, 1.54) is 6.20 Å². The fourth-order valence-corrected chi connectivity index (χ4v) is 1.42. The Kier molecular flexibility index (Phi) is 4.77. The summed E-state index contributed by atoms with van der Waals surface area (Å²) in [7, 11) is 0. The molecule has 0 bridgehead atoms. The predicted octanol–water partition coefficient (Wildman–Crippen LogP) is 1.11. The van der Waals surface area contributed by atoms with E-state index in [1.54, 1.807) is 0 Å². The van der Waals surface area contributed by atoms with Gasteiger partial charge in [0, 0.05) is 6.54 Å². The smallest absolute Gasteiger partial charge is 0.280 e. The molecule has 0 fully saturated rings. The van der Waals surface area contributed by atoms with Gasteiger partial charge in [0.25, 0.3) is 5.56 Å². The average molecular weight is 276 g/mol. The van der Waals surface area contributed by atoms with E-state index in [0.29, 0.717) is 23.1 Å². The molecule has 0 aromatic carbocycles. The molecule has 3 N–H and O–H groups in total. The molecule has 1 heterocycles. The number of hydrogen-bond acceptors (Lipinski definition) is 4. The minimum atomic E-state index is -0.300. The molecule has 1 aromatic heterocycles. The molecule has 0 aliphatic carbocycles. The van der Waals surface area contributed by atoms with Crippen molar-refractivity contribution in [1.82, 2.24) is 10.2 Å². The van der Waals surface area contributed by atoms with Crippen LogP contribution in [0.15, 0.2) is 15.5 Å². The second kappa shape index (κ2) is 5.87. The van der Waals surface area contributed by atoms with Crippen molar-refractivity contribution in [3.05, 3.63) is 21.0 Å². The molecule has 0 amide bonds. The molecule has 0 radical (unpaired) electrons. The van der Waals surface area contributed by atoms with Gasteiger partial charge in [-0.3, -0.25) is 4.79 Å². The van der Waals surface area contributed by atoms with Crippen LogP contribution in [0.25, 0.3) is 0 Å². The Balaban J connectivity index is 2.51. The van der Waals surface area contributed by atoms with Gasteiger partial charge in [-0.1, -0.05) is 6.92 Å². The Morgan fingerprint density at radius 1 is 1.73 bits per heavy atom. The average Bonchev–Trinajstić information content (AvgIpc) is 2.24. The largest absolute Gasteiger partial charge is 0.393 e. The molecule has 5 nitrogen and oxygen atoms in total. The highest BCUT2D eigenvalue weighted by Gasteiger charge is 2.04. The van der Waals surface area contributed by atoms with Gasteiger partial charge in [-0.15, -0.1) is 0 Å². The fraction of sp³-hybridized carbons (Fsp3) is 0.556. The Morgan fingerprint density at radius 2 is 2.47 bits per heavy atom. The zero-order valence-corrected chi connectivity index (χ0v) is 10.0. The second-order valence-electron chi connectivity index (χ2n) is 3.20. The van der Waals surface area contributed by atoms with E-state index in [0.717, 1.165) is 6.42 Å². The van der Waals surface area contributed by atoms with Gasteiger partial charge >= 0.3 is 0 Å². The second-order valence-corrected chi connectivity index (χ2v) is 4.00. The number of aliphatic hydroxyl groups excluding tert-OH is 1. The van der Waals surface area contributed by atoms with Crippen LogP contribution in [-0.2, 0) is 0 Å². The Morgan fingerprint density at radius 3 is 3.13 bits per heavy atom. The van der Waals surface area contributed by atoms with E-state index in [2.05, 4.69) is 31.4 Å². The van der Waals surface area contributed by atoms with Crippen molar-refractivity contribution in [2.45, 2.75) is 25.9 Å². The highest BCUT2D eigenvalue weighted by Crippen LogP contribution is 2.15. The molecule has 6 heteroatoms. The van der Waals surface area contributed by atoms with Crippen LogP contribution in [0.2, 0.25) is 0 Å². The first kappa shape index (κ1) is 12.2. The minimum Gasteiger partial charge on any atom is -0.393 e. The van der Waals surface area contributed by atoms with Crippen LogP contribution in [0.3, 0.4) is 0 Å². The highest BCUT2D eigenvalue weighted by atomic mass is 79.9. The van der Waals surface area contributed by atoms with Crippen molar-refractivity contribution in [3.63, 3.8) is 0 Å². The summed E-state index contributed by atoms with van der Waals surface area (Å²) < 4.78 is 0.434. The lowest BCUT2D eigenvalue weighted by atomic mass is 10.2. The molecule has 1 atom stereocenters. The quantitative estimate of drug-likeness (QED) is 0.752. The van der Waals surface area contributed by atoms with Gasteiger partial charge in [-0.05, 0) is 28.8 Å². The SMILES string of the molecule is CCC(O)CCNc1cn[nH]c(=O)c1Br. The summed E-state index contributed by atoms with van der Waals surface area (Å²) in [6, 6.07) is 0. The third-order valence-electron chi connectivity index (χ3n) is 2.06. The summed E-state index contributed by atoms with van der Waals surface area (Å²) >= 11 is 3.16. The van der Waals surface area contributed by atoms with Crippen molar-refractivity contribution in [3.8, 4) is 0 Å². The number of aliphatic hydroxyl groups is 1. The number of aromatic nitrogens is 2. The third-order valence-corrected chi connectivity index (χ3v) is 2.85. The van der Waals surface area contributed by atoms with Crippen molar-refractivity contribution in [2.24, 2.45) is 0 Å². The molecule has 1 aromatic rings. The van der Waals surface area contributed by atoms with Gasteiger partial charge in [-0.25, -0.2) is 5.10 Å². The van der Waals surface area contributed by atoms with Gasteiger partial charge in [0.2, 0.25) is 0 Å². The molecular weight excluding hydrogens is 262 g/mol. The van der Waals surface area contributed by atoms with E-state index in [4.69, 9.17) is 0 Å². The van der Waals surface area contributed by atoms with Gasteiger partial charge in [0.1, 0.15) is 4.47 Å². The van der Waals surface area contributed by atoms with Crippen LogP contribution < -0.4 is 10.9 Å². The first-order chi connectivity index (χ1) is 7.15. The maximum atomic E-state index is 11.1. The van der Waals surface area contributed by atoms with Crippen molar-refractivity contribution < 1.29 is 5.11 Å². The maximum absolute atomic E-state index is 11.1. The van der Waals surface area contributed by atoms with Gasteiger partial charge in [0.05, 0.1) is 18.0 Å². The molecule has 1 unspecified atom stereocenters. The Bertz CT molecular complexity index is 367. The van der Waals surface area contributed by atoms with Crippen LogP contribution in [0.1, 0.15) is 19.8 Å². The summed E-state index contributed by atoms with van der Waals surface area (Å²) in [5, 5.41) is 18.3. The van der Waals surface area contributed by atoms with Gasteiger partial charge in [-0.2, -0.15) is 5.10 Å². The molecular formula is C9H14BrN3O2. The summed E-state index contributed by atoms with van der Waals surface area (Å²) in [6.07, 6.45) is 2.61. The van der Waals surface area contributed by atoms with E-state index in [9.17, 15) is 9.90 Å². The zero-order chi connectivity index (χ0) is 11.3. The molecule has 1 rings (SSSR count). The number of aromatic amines is 1. The van der Waals surface area contributed by atoms with Gasteiger partial charge < -0.3 is 10.4 Å². The Labute approximate surface area is 96.0 Å². The molecule has 0 spiro atoms. The number of rotatable bonds is 5. The molecule has 0 aliphatic rings. The number of hydrogen-bond donors (Lipinski definition) is 3. The maximum Gasteiger partial charge on any atom is 0.280 e. The lowest BCUT2D eigenvalue weighted by Gasteiger charge is -2.09. The molecule has 0 aliphatic heterocycles. The van der Waals surface area contributed by atoms with Crippen molar-refractivity contribution in [1.29, 1.82) is 0 Å². The van der Waals surface area contributed by atoms with Crippen LogP contribution in [0, 0.1) is 0 Å². The number of nitrogens with zero attached hydrogens (tertiary/aromatic N) is 1. The van der Waals surface area contributed by atoms with Crippen LogP contribution in [0.4, 0.5) is 5.69 Å². The fourth-order valence-electron chi connectivity index (χ4n) is 1.08. The monoisotopic (exact) mass is 275 g/mol. The van der Waals surface area contributed by atoms with Crippen molar-refractivity contribution in [2.75, 3.05) is 11.9 Å². The van der Waals surface area contributed by atoms with Crippen LogP contribution >= 0.6 is 15.9 Å². The number of nitrogens with one attached hydrogen (secondary N) is 2. The van der Waals surface area contributed by atoms with E-state index >= 15 is 0 Å². The minimum absolute atomic E-state index is 0.268. The molecule has 0 saturated heterocycles. The predicted molar refractivity (Wildman–Crippen MR) is 62.0 cm³/mol.